The summed E-state index contributed by atoms with van der Waals surface area (Å²) in [6.07, 6.45) is 2.05. The number of likely N-dealkylation sites (tertiary alicyclic amines) is 1. The Labute approximate surface area is 656 Å². The maximum atomic E-state index is 15.4. The van der Waals surface area contributed by atoms with E-state index < -0.39 is 126 Å². The first-order valence-electron chi connectivity index (χ1n) is 37.4. The second-order valence-corrected chi connectivity index (χ2v) is 29.2. The molecule has 1 aliphatic heterocycles. The second-order valence-electron chi connectivity index (χ2n) is 28.8. The number of halogens is 1. The number of hydrogen-bond donors (Lipinski definition) is 13. The zero-order chi connectivity index (χ0) is 81.7. The topological polar surface area (TPSA) is 429 Å². The number of benzene rings is 5. The summed E-state index contributed by atoms with van der Waals surface area (Å²) in [4.78, 5) is 202. The Bertz CT molecular complexity index is 4290. The molecule has 0 aliphatic carbocycles. The van der Waals surface area contributed by atoms with Gasteiger partial charge in [-0.15, -0.1) is 0 Å². The quantitative estimate of drug-likeness (QED) is 0.0148. The van der Waals surface area contributed by atoms with Crippen molar-refractivity contribution in [1.29, 1.82) is 0 Å². The lowest BCUT2D eigenvalue weighted by molar-refractivity contribution is -0.142. The van der Waals surface area contributed by atoms with Crippen molar-refractivity contribution in [3.8, 4) is 0 Å². The van der Waals surface area contributed by atoms with Crippen molar-refractivity contribution in [2.75, 3.05) is 30.8 Å². The molecule has 112 heavy (non-hydrogen) atoms. The van der Waals surface area contributed by atoms with Crippen LogP contribution in [0.25, 0.3) is 10.8 Å². The summed E-state index contributed by atoms with van der Waals surface area (Å²) in [6, 6.07) is 23.5. The number of nitrogens with one attached hydrogen (secondary N) is 12. The molecule has 0 unspecified atom stereocenters. The largest absolute Gasteiger partial charge is 0.368 e. The zero-order valence-corrected chi connectivity index (χ0v) is 65.2. The highest BCUT2D eigenvalue weighted by molar-refractivity contribution is 6.30. The molecule has 31 heteroatoms. The van der Waals surface area contributed by atoms with Crippen LogP contribution in [0.1, 0.15) is 122 Å². The first-order valence-corrected chi connectivity index (χ1v) is 37.8. The van der Waals surface area contributed by atoms with Crippen LogP contribution in [0.15, 0.2) is 140 Å². The van der Waals surface area contributed by atoms with Crippen molar-refractivity contribution in [2.45, 2.75) is 193 Å². The Morgan fingerprint density at radius 2 is 0.982 bits per heavy atom. The maximum Gasteiger partial charge on any atom is 0.264 e. The summed E-state index contributed by atoms with van der Waals surface area (Å²) in [5.74, 6) is -9.98. The molecule has 1 saturated heterocycles. The van der Waals surface area contributed by atoms with Gasteiger partial charge in [0, 0.05) is 101 Å². The number of likely N-dealkylation sites (N-methyl/N-ethyl adjacent to an activating group) is 1. The molecule has 6 aromatic rings. The van der Waals surface area contributed by atoms with E-state index in [1.165, 1.54) is 52.0 Å². The number of primary amides is 1. The van der Waals surface area contributed by atoms with E-state index in [-0.39, 0.29) is 88.1 Å². The number of aromatic nitrogens is 1. The number of carbonyl (C=O) groups is 14. The van der Waals surface area contributed by atoms with Crippen molar-refractivity contribution in [3.63, 3.8) is 0 Å². The van der Waals surface area contributed by atoms with E-state index in [0.29, 0.717) is 70.0 Å². The predicted molar refractivity (Wildman–Crippen MR) is 423 cm³/mol. The van der Waals surface area contributed by atoms with Gasteiger partial charge in [-0.1, -0.05) is 124 Å². The van der Waals surface area contributed by atoms with Gasteiger partial charge in [-0.2, -0.15) is 0 Å². The minimum Gasteiger partial charge on any atom is -0.368 e. The van der Waals surface area contributed by atoms with E-state index in [2.05, 4.69) is 68.8 Å². The summed E-state index contributed by atoms with van der Waals surface area (Å²) in [6.45, 7) is 13.7. The van der Waals surface area contributed by atoms with Crippen molar-refractivity contribution in [1.82, 2.24) is 68.0 Å². The first kappa shape index (κ1) is 87.6. The molecule has 14 amide bonds. The van der Waals surface area contributed by atoms with Crippen LogP contribution in [0, 0.1) is 5.92 Å². The molecule has 1 fully saturated rings. The third-order valence-electron chi connectivity index (χ3n) is 18.6. The fourth-order valence-electron chi connectivity index (χ4n) is 12.8. The molecule has 14 N–H and O–H groups in total. The van der Waals surface area contributed by atoms with Gasteiger partial charge in [-0.25, -0.2) is 0 Å². The van der Waals surface area contributed by atoms with Crippen molar-refractivity contribution in [3.05, 3.63) is 173 Å². The van der Waals surface area contributed by atoms with Gasteiger partial charge in [-0.3, -0.25) is 72.1 Å². The molecule has 0 spiro atoms. The van der Waals surface area contributed by atoms with E-state index in [1.54, 1.807) is 98.8 Å². The number of nitrogens with zero attached hydrogens (tertiary/aromatic N) is 3. The smallest absolute Gasteiger partial charge is 0.264 e. The number of amides is 14. The van der Waals surface area contributed by atoms with Gasteiger partial charge in [0.15, 0.2) is 6.17 Å². The normalized spacial score (nSPS) is 14.9. The van der Waals surface area contributed by atoms with E-state index in [4.69, 9.17) is 17.3 Å². The highest BCUT2D eigenvalue weighted by Crippen LogP contribution is 2.23. The molecule has 10 atom stereocenters. The van der Waals surface area contributed by atoms with Gasteiger partial charge < -0.3 is 79.3 Å². The summed E-state index contributed by atoms with van der Waals surface area (Å²) in [7, 11) is 1.17. The first-order chi connectivity index (χ1) is 53.3. The number of carbonyl (C=O) groups excluding carboxylic acids is 14. The van der Waals surface area contributed by atoms with Crippen LogP contribution < -0.4 is 69.5 Å². The molecule has 7 rings (SSSR count). The van der Waals surface area contributed by atoms with Crippen LogP contribution in [-0.2, 0) is 99.2 Å². The molecular formula is C81H103ClN16O14. The fraction of sp³-hybridized carbons (Fsp3) is 0.420. The highest BCUT2D eigenvalue weighted by Gasteiger charge is 2.41. The number of rotatable bonds is 41. The van der Waals surface area contributed by atoms with E-state index in [9.17, 15) is 43.2 Å². The van der Waals surface area contributed by atoms with Gasteiger partial charge in [0.25, 0.3) is 5.91 Å². The van der Waals surface area contributed by atoms with Crippen molar-refractivity contribution >= 4 is 117 Å². The van der Waals surface area contributed by atoms with Gasteiger partial charge in [0.05, 0.1) is 0 Å². The molecule has 5 aromatic carbocycles. The Morgan fingerprint density at radius 1 is 0.518 bits per heavy atom. The van der Waals surface area contributed by atoms with Gasteiger partial charge in [0.1, 0.15) is 54.4 Å². The molecule has 0 radical (unpaired) electrons. The van der Waals surface area contributed by atoms with E-state index >= 15 is 24.0 Å². The third-order valence-corrected chi connectivity index (χ3v) is 18.8. The number of pyridine rings is 1. The van der Waals surface area contributed by atoms with Crippen LogP contribution in [0.5, 0.6) is 0 Å². The van der Waals surface area contributed by atoms with Crippen LogP contribution in [0.2, 0.25) is 5.02 Å². The average molecular weight is 1560 g/mol. The van der Waals surface area contributed by atoms with Gasteiger partial charge >= 0.3 is 0 Å². The molecule has 598 valence electrons. The molecule has 2 heterocycles. The summed E-state index contributed by atoms with van der Waals surface area (Å²) in [5.41, 5.74) is 8.72. The zero-order valence-electron chi connectivity index (χ0n) is 64.5. The van der Waals surface area contributed by atoms with E-state index in [1.807, 2.05) is 56.3 Å². The fourth-order valence-corrected chi connectivity index (χ4v) is 12.9. The molecule has 0 saturated carbocycles. The Hall–Kier alpha value is -11.7. The second kappa shape index (κ2) is 43.1. The van der Waals surface area contributed by atoms with E-state index in [0.717, 1.165) is 15.7 Å². The molecular weight excluding hydrogens is 1460 g/mol. The lowest BCUT2D eigenvalue weighted by Gasteiger charge is -2.31. The van der Waals surface area contributed by atoms with Crippen LogP contribution in [0.4, 0.5) is 11.4 Å². The maximum absolute atomic E-state index is 15.4. The van der Waals surface area contributed by atoms with Crippen LogP contribution >= 0.6 is 11.6 Å². The standard InChI is InChI=1S/C81H103ClN16O14/c1-47(2)38-64(73(104)90-63(19-12-13-36-85-48(3)4)81(112)98-37-15-20-70(98)79(110)86-49(5)71(83)103)91-75(106)67(41-54-24-31-61(32-25-54)87-50(6)100)93-77(108)68(42-55-26-33-62(34-27-55)88-51(7)101)95-80(111)72(97(9)46-99)96-78(109)69(44-57-16-14-35-84-45-57)94-76(107)66(40-53-22-29-60(82)30-23-53)92-74(105)65(89-52(8)102)43-56-21-28-58-17-10-11-18-59(58)39-56/h10-11,14,16-18,21-35,39,45-49,63-70,72,85H,12-13,15,19-20,36-38,40-44H2,1-9H3,(H2,83,103)(H,86,110)(H,87,100)(H,88,101)(H,89,102)(H,90,104)(H,91,106)(H,92,105)(H,93,108)(H,94,107)(H,95,111)(H,96,109)/t49-,63+,64+,65-,66-,67-,68+,69-,70-,72+/m1/s1. The Morgan fingerprint density at radius 3 is 1.47 bits per heavy atom. The molecule has 1 aliphatic rings. The van der Waals surface area contributed by atoms with Gasteiger partial charge in [0.2, 0.25) is 77.3 Å². The SMILES string of the molecule is CC(=O)Nc1ccc(C[C@H](NC(=O)[C@@H](NC(=O)[C@@H](Cc2cccnc2)NC(=O)[C@@H](Cc2ccc(Cl)cc2)NC(=O)[C@@H](Cc2ccc3ccccc3c2)NC(C)=O)N(C)C=O)C(=O)N[C@H](Cc2ccc(NC(C)=O)cc2)C(=O)N[C@@H](CC(C)C)C(=O)N[C@@H](CCCCNC(C)C)C(=O)N2CCC[C@@H]2C(=O)N[C@H](C)C(N)=O)cc1. The average Bonchev–Trinajstić information content (AvgIpc) is 1.67. The van der Waals surface area contributed by atoms with Crippen LogP contribution in [0.3, 0.4) is 0 Å². The summed E-state index contributed by atoms with van der Waals surface area (Å²) in [5, 5.41) is 35.5. The van der Waals surface area contributed by atoms with Crippen molar-refractivity contribution in [2.24, 2.45) is 11.7 Å². The number of nitrogens with two attached hydrogens (primary N) is 1. The number of hydrogen-bond acceptors (Lipinski definition) is 16. The van der Waals surface area contributed by atoms with Crippen LogP contribution in [-0.4, -0.2) is 185 Å². The number of unbranched alkanes of at least 4 members (excludes halogenated alkanes) is 1. The monoisotopic (exact) mass is 1560 g/mol. The minimum absolute atomic E-state index is 0.00808. The molecule has 30 nitrogen and oxygen atoms in total. The molecule has 0 bridgehead atoms. The Kier molecular flexibility index (Phi) is 33.7. The predicted octanol–water partition coefficient (Wildman–Crippen LogP) is 3.46. The highest BCUT2D eigenvalue weighted by atomic mass is 35.5. The van der Waals surface area contributed by atoms with Crippen molar-refractivity contribution < 1.29 is 67.1 Å². The lowest BCUT2D eigenvalue weighted by Crippen LogP contribution is -2.63. The van der Waals surface area contributed by atoms with Gasteiger partial charge in [-0.05, 0) is 139 Å². The summed E-state index contributed by atoms with van der Waals surface area (Å²) >= 11 is 6.27. The number of fused-ring (bicyclic) bond motifs is 1. The molecule has 1 aromatic heterocycles. The lowest BCUT2D eigenvalue weighted by atomic mass is 9.99. The third kappa shape index (κ3) is 28.0. The minimum atomic E-state index is -1.96. The number of anilines is 2. The Balaban J connectivity index is 1.21. The summed E-state index contributed by atoms with van der Waals surface area (Å²) < 4.78 is 0.